The highest BCUT2D eigenvalue weighted by molar-refractivity contribution is 6.31. The van der Waals surface area contributed by atoms with Gasteiger partial charge >= 0.3 is 0 Å². The van der Waals surface area contributed by atoms with Crippen LogP contribution in [0.25, 0.3) is 10.9 Å². The lowest BCUT2D eigenvalue weighted by molar-refractivity contribution is 0.103. The van der Waals surface area contributed by atoms with Crippen molar-refractivity contribution in [3.63, 3.8) is 0 Å². The van der Waals surface area contributed by atoms with E-state index >= 15 is 0 Å². The standard InChI is InChI=1S/C16H11ClN6O/c17-10-1-2-11-12(8-14-20-22-23-21-14)15(19-13(11)7-10)16(24)9-3-5-18-6-4-9/h1-7,19H,8H2,(H,20,21,22,23). The Morgan fingerprint density at radius 1 is 1.17 bits per heavy atom. The maximum absolute atomic E-state index is 12.9. The van der Waals surface area contributed by atoms with Crippen molar-refractivity contribution in [2.24, 2.45) is 0 Å². The Kier molecular flexibility index (Phi) is 3.55. The van der Waals surface area contributed by atoms with Crippen molar-refractivity contribution in [3.05, 3.63) is 70.4 Å². The Bertz CT molecular complexity index is 1010. The second-order valence-corrected chi connectivity index (χ2v) is 5.67. The van der Waals surface area contributed by atoms with Gasteiger partial charge in [0.1, 0.15) is 0 Å². The molecule has 3 heterocycles. The zero-order valence-corrected chi connectivity index (χ0v) is 13.1. The summed E-state index contributed by atoms with van der Waals surface area (Å²) in [6, 6.07) is 8.82. The molecule has 4 rings (SSSR count). The zero-order chi connectivity index (χ0) is 16.5. The molecule has 0 fully saturated rings. The van der Waals surface area contributed by atoms with Crippen LogP contribution >= 0.6 is 11.6 Å². The highest BCUT2D eigenvalue weighted by atomic mass is 35.5. The fraction of sp³-hybridized carbons (Fsp3) is 0.0625. The van der Waals surface area contributed by atoms with E-state index in [1.807, 2.05) is 6.07 Å². The predicted molar refractivity (Wildman–Crippen MR) is 88.0 cm³/mol. The third-order valence-corrected chi connectivity index (χ3v) is 4.00. The van der Waals surface area contributed by atoms with Gasteiger partial charge in [0.25, 0.3) is 0 Å². The monoisotopic (exact) mass is 338 g/mol. The number of carbonyl (C=O) groups excluding carboxylic acids is 1. The molecule has 0 saturated carbocycles. The Morgan fingerprint density at radius 2 is 2.00 bits per heavy atom. The van der Waals surface area contributed by atoms with Crippen LogP contribution in [0.15, 0.2) is 42.7 Å². The van der Waals surface area contributed by atoms with Gasteiger partial charge in [0.15, 0.2) is 5.82 Å². The highest BCUT2D eigenvalue weighted by Gasteiger charge is 2.20. The number of aromatic amines is 2. The summed E-state index contributed by atoms with van der Waals surface area (Å²) in [5.74, 6) is 0.387. The Balaban J connectivity index is 1.88. The second kappa shape index (κ2) is 5.86. The van der Waals surface area contributed by atoms with Crippen LogP contribution in [-0.2, 0) is 6.42 Å². The number of nitrogens with zero attached hydrogens (tertiary/aromatic N) is 4. The van der Waals surface area contributed by atoms with Crippen LogP contribution in [0.3, 0.4) is 0 Å². The molecule has 3 aromatic heterocycles. The molecule has 24 heavy (non-hydrogen) atoms. The molecule has 4 aromatic rings. The van der Waals surface area contributed by atoms with Crippen LogP contribution in [0.5, 0.6) is 0 Å². The van der Waals surface area contributed by atoms with Crippen LogP contribution in [0, 0.1) is 0 Å². The van der Waals surface area contributed by atoms with Gasteiger partial charge in [-0.25, -0.2) is 0 Å². The summed E-state index contributed by atoms with van der Waals surface area (Å²) in [5.41, 5.74) is 2.64. The summed E-state index contributed by atoms with van der Waals surface area (Å²) in [6.45, 7) is 0. The minimum atomic E-state index is -0.122. The van der Waals surface area contributed by atoms with E-state index in [4.69, 9.17) is 11.6 Å². The summed E-state index contributed by atoms with van der Waals surface area (Å²) in [6.07, 6.45) is 3.56. The molecular weight excluding hydrogens is 328 g/mol. The molecule has 1 aromatic carbocycles. The maximum Gasteiger partial charge on any atom is 0.209 e. The number of tetrazole rings is 1. The van der Waals surface area contributed by atoms with Gasteiger partial charge in [-0.05, 0) is 29.8 Å². The first kappa shape index (κ1) is 14.5. The molecule has 0 bridgehead atoms. The number of hydrogen-bond donors (Lipinski definition) is 2. The molecule has 0 aliphatic heterocycles. The van der Waals surface area contributed by atoms with Crippen LogP contribution in [0.1, 0.15) is 27.4 Å². The van der Waals surface area contributed by atoms with Crippen molar-refractivity contribution < 1.29 is 4.79 Å². The molecule has 0 spiro atoms. The minimum absolute atomic E-state index is 0.122. The lowest BCUT2D eigenvalue weighted by atomic mass is 10.0. The number of hydrogen-bond acceptors (Lipinski definition) is 5. The number of H-pyrrole nitrogens is 2. The molecule has 7 nitrogen and oxygen atoms in total. The van der Waals surface area contributed by atoms with E-state index in [9.17, 15) is 4.79 Å². The predicted octanol–water partition coefficient (Wildman–Crippen LogP) is 2.55. The first-order valence-corrected chi connectivity index (χ1v) is 7.57. The third-order valence-electron chi connectivity index (χ3n) is 3.76. The maximum atomic E-state index is 12.9. The summed E-state index contributed by atoms with van der Waals surface area (Å²) >= 11 is 6.07. The van der Waals surface area contributed by atoms with Crippen molar-refractivity contribution >= 4 is 28.3 Å². The van der Waals surface area contributed by atoms with E-state index in [0.717, 1.165) is 16.5 Å². The van der Waals surface area contributed by atoms with Gasteiger partial charge < -0.3 is 4.98 Å². The molecular formula is C16H11ClN6O. The van der Waals surface area contributed by atoms with Gasteiger partial charge in [-0.3, -0.25) is 9.78 Å². The van der Waals surface area contributed by atoms with E-state index in [-0.39, 0.29) is 5.78 Å². The van der Waals surface area contributed by atoms with Gasteiger partial charge in [-0.2, -0.15) is 5.21 Å². The number of fused-ring (bicyclic) bond motifs is 1. The van der Waals surface area contributed by atoms with Crippen LogP contribution < -0.4 is 0 Å². The molecule has 0 saturated heterocycles. The van der Waals surface area contributed by atoms with Crippen molar-refractivity contribution in [2.75, 3.05) is 0 Å². The van der Waals surface area contributed by atoms with Crippen molar-refractivity contribution in [1.82, 2.24) is 30.6 Å². The lowest BCUT2D eigenvalue weighted by Crippen LogP contribution is -2.06. The average Bonchev–Trinajstić information content (AvgIpc) is 3.23. The number of carbonyl (C=O) groups is 1. The zero-order valence-electron chi connectivity index (χ0n) is 12.3. The molecule has 8 heteroatoms. The van der Waals surface area contributed by atoms with Crippen LogP contribution in [-0.4, -0.2) is 36.4 Å². The molecule has 0 aliphatic carbocycles. The number of pyridine rings is 1. The molecule has 0 unspecified atom stereocenters. The lowest BCUT2D eigenvalue weighted by Gasteiger charge is -2.02. The SMILES string of the molecule is O=C(c1ccncc1)c1[nH]c2cc(Cl)ccc2c1Cc1nn[nH]n1. The smallest absolute Gasteiger partial charge is 0.209 e. The molecule has 0 atom stereocenters. The molecule has 0 radical (unpaired) electrons. The molecule has 118 valence electrons. The first-order chi connectivity index (χ1) is 11.7. The summed E-state index contributed by atoms with van der Waals surface area (Å²) in [4.78, 5) is 20.0. The van der Waals surface area contributed by atoms with Crippen molar-refractivity contribution in [3.8, 4) is 0 Å². The van der Waals surface area contributed by atoms with Gasteiger partial charge in [0.2, 0.25) is 5.78 Å². The van der Waals surface area contributed by atoms with Gasteiger partial charge in [0.05, 0.1) is 5.69 Å². The Hall–Kier alpha value is -3.06. The summed E-state index contributed by atoms with van der Waals surface area (Å²) in [7, 11) is 0. The number of aromatic nitrogens is 6. The van der Waals surface area contributed by atoms with E-state index in [1.165, 1.54) is 0 Å². The normalized spacial score (nSPS) is 11.0. The largest absolute Gasteiger partial charge is 0.352 e. The summed E-state index contributed by atoms with van der Waals surface area (Å²) in [5, 5.41) is 15.5. The fourth-order valence-corrected chi connectivity index (χ4v) is 2.84. The number of halogens is 1. The Morgan fingerprint density at radius 3 is 2.75 bits per heavy atom. The highest BCUT2D eigenvalue weighted by Crippen LogP contribution is 2.28. The van der Waals surface area contributed by atoms with Crippen LogP contribution in [0.4, 0.5) is 0 Å². The second-order valence-electron chi connectivity index (χ2n) is 5.24. The summed E-state index contributed by atoms with van der Waals surface area (Å²) < 4.78 is 0. The van der Waals surface area contributed by atoms with E-state index in [2.05, 4.69) is 30.6 Å². The van der Waals surface area contributed by atoms with Crippen molar-refractivity contribution in [2.45, 2.75) is 6.42 Å². The Labute approximate surface area is 141 Å². The van der Waals surface area contributed by atoms with E-state index in [1.54, 1.807) is 36.7 Å². The van der Waals surface area contributed by atoms with Crippen LogP contribution in [0.2, 0.25) is 5.02 Å². The van der Waals surface area contributed by atoms with Gasteiger partial charge in [0, 0.05) is 40.3 Å². The average molecular weight is 339 g/mol. The molecule has 0 amide bonds. The van der Waals surface area contributed by atoms with E-state index in [0.29, 0.717) is 28.5 Å². The fourth-order valence-electron chi connectivity index (χ4n) is 2.67. The molecule has 2 N–H and O–H groups in total. The topological polar surface area (TPSA) is 100 Å². The van der Waals surface area contributed by atoms with Gasteiger partial charge in [-0.1, -0.05) is 22.9 Å². The van der Waals surface area contributed by atoms with Crippen molar-refractivity contribution in [1.29, 1.82) is 0 Å². The number of ketones is 1. The quantitative estimate of drug-likeness (QED) is 0.557. The first-order valence-electron chi connectivity index (χ1n) is 7.19. The number of rotatable bonds is 4. The number of nitrogens with one attached hydrogen (secondary N) is 2. The third kappa shape index (κ3) is 2.55. The molecule has 0 aliphatic rings. The van der Waals surface area contributed by atoms with E-state index < -0.39 is 0 Å². The minimum Gasteiger partial charge on any atom is -0.352 e. The number of benzene rings is 1. The van der Waals surface area contributed by atoms with Gasteiger partial charge in [-0.15, -0.1) is 10.2 Å².